The zero-order valence-corrected chi connectivity index (χ0v) is 10.4. The van der Waals surface area contributed by atoms with Crippen LogP contribution in [0.1, 0.15) is 5.01 Å². The van der Waals surface area contributed by atoms with Gasteiger partial charge in [-0.1, -0.05) is 36.4 Å². The molecule has 0 saturated heterocycles. The molecule has 0 unspecified atom stereocenters. The summed E-state index contributed by atoms with van der Waals surface area (Å²) in [5, 5.41) is 4.34. The lowest BCUT2D eigenvalue weighted by atomic mass is 10.1. The van der Waals surface area contributed by atoms with Gasteiger partial charge in [0, 0.05) is 0 Å². The summed E-state index contributed by atoms with van der Waals surface area (Å²) in [5.74, 6) is 5.14. The van der Waals surface area contributed by atoms with Crippen molar-refractivity contribution in [3.8, 4) is 11.1 Å². The molecule has 0 spiro atoms. The first-order valence-electron chi connectivity index (χ1n) is 5.56. The second-order valence-electron chi connectivity index (χ2n) is 3.88. The summed E-state index contributed by atoms with van der Waals surface area (Å²) in [5.41, 5.74) is 3.39. The summed E-state index contributed by atoms with van der Waals surface area (Å²) in [7, 11) is 0. The first-order chi connectivity index (χ1) is 8.86. The predicted molar refractivity (Wildman–Crippen MR) is 76.8 cm³/mol. The molecule has 1 heterocycles. The fraction of sp³-hybridized carbons (Fsp3) is 0. The maximum atomic E-state index is 5.14. The minimum Gasteiger partial charge on any atom is -0.323 e. The minimum atomic E-state index is 0.831. The van der Waals surface area contributed by atoms with Crippen molar-refractivity contribution in [2.24, 2.45) is 10.9 Å². The van der Waals surface area contributed by atoms with Crippen LogP contribution in [0.4, 0.5) is 0 Å². The largest absolute Gasteiger partial charge is 0.323 e. The molecule has 0 bridgehead atoms. The first kappa shape index (κ1) is 10.9. The van der Waals surface area contributed by atoms with Crippen molar-refractivity contribution in [3.63, 3.8) is 0 Å². The van der Waals surface area contributed by atoms with Crippen LogP contribution in [0.25, 0.3) is 21.3 Å². The van der Waals surface area contributed by atoms with E-state index in [1.807, 2.05) is 24.3 Å². The molecule has 88 valence electrons. The molecule has 0 fully saturated rings. The van der Waals surface area contributed by atoms with Gasteiger partial charge in [0.15, 0.2) is 0 Å². The lowest BCUT2D eigenvalue weighted by Crippen LogP contribution is -1.83. The Labute approximate surface area is 109 Å². The van der Waals surface area contributed by atoms with E-state index in [1.165, 1.54) is 11.1 Å². The van der Waals surface area contributed by atoms with Crippen LogP contribution in [0.2, 0.25) is 0 Å². The number of nitrogens with two attached hydrogens (primary N) is 1. The zero-order valence-electron chi connectivity index (χ0n) is 9.58. The quantitative estimate of drug-likeness (QED) is 0.433. The molecular formula is C14H11N3S. The molecule has 18 heavy (non-hydrogen) atoms. The number of benzene rings is 2. The van der Waals surface area contributed by atoms with Gasteiger partial charge in [0.05, 0.1) is 16.4 Å². The molecule has 2 N–H and O–H groups in total. The Kier molecular flexibility index (Phi) is 2.78. The van der Waals surface area contributed by atoms with Gasteiger partial charge in [0.1, 0.15) is 5.01 Å². The van der Waals surface area contributed by atoms with Gasteiger partial charge in [-0.15, -0.1) is 11.3 Å². The number of thiazole rings is 1. The highest BCUT2D eigenvalue weighted by atomic mass is 32.1. The van der Waals surface area contributed by atoms with Crippen molar-refractivity contribution in [3.05, 3.63) is 53.5 Å². The van der Waals surface area contributed by atoms with E-state index in [0.29, 0.717) is 0 Å². The average Bonchev–Trinajstić information content (AvgIpc) is 2.81. The Balaban J connectivity index is 2.11. The fourth-order valence-corrected chi connectivity index (χ4v) is 2.76. The SMILES string of the molecule is NN=Cc1nc2ccc(-c3ccccc3)cc2s1. The highest BCUT2D eigenvalue weighted by molar-refractivity contribution is 7.20. The van der Waals surface area contributed by atoms with E-state index in [4.69, 9.17) is 5.84 Å². The molecule has 0 atom stereocenters. The maximum absolute atomic E-state index is 5.14. The molecule has 1 aromatic heterocycles. The fourth-order valence-electron chi connectivity index (χ4n) is 1.87. The van der Waals surface area contributed by atoms with Gasteiger partial charge in [0.2, 0.25) is 0 Å². The van der Waals surface area contributed by atoms with Gasteiger partial charge in [-0.25, -0.2) is 4.98 Å². The van der Waals surface area contributed by atoms with Crippen molar-refractivity contribution in [2.75, 3.05) is 0 Å². The molecule has 0 amide bonds. The van der Waals surface area contributed by atoms with Gasteiger partial charge in [-0.3, -0.25) is 0 Å². The van der Waals surface area contributed by atoms with Crippen molar-refractivity contribution in [1.82, 2.24) is 4.98 Å². The Morgan fingerprint density at radius 3 is 2.67 bits per heavy atom. The van der Waals surface area contributed by atoms with Gasteiger partial charge < -0.3 is 5.84 Å². The van der Waals surface area contributed by atoms with E-state index in [9.17, 15) is 0 Å². The molecule has 2 aromatic carbocycles. The summed E-state index contributed by atoms with van der Waals surface area (Å²) in [4.78, 5) is 4.43. The number of aromatic nitrogens is 1. The van der Waals surface area contributed by atoms with Gasteiger partial charge >= 0.3 is 0 Å². The highest BCUT2D eigenvalue weighted by Gasteiger charge is 2.04. The monoisotopic (exact) mass is 253 g/mol. The summed E-state index contributed by atoms with van der Waals surface area (Å²) in [6, 6.07) is 16.6. The van der Waals surface area contributed by atoms with Crippen molar-refractivity contribution in [2.45, 2.75) is 0 Å². The summed E-state index contributed by atoms with van der Waals surface area (Å²) in [6.45, 7) is 0. The molecule has 0 aliphatic heterocycles. The molecule has 0 aliphatic carbocycles. The number of hydrazone groups is 1. The predicted octanol–water partition coefficient (Wildman–Crippen LogP) is 3.26. The third kappa shape index (κ3) is 1.98. The van der Waals surface area contributed by atoms with Gasteiger partial charge in [-0.05, 0) is 23.3 Å². The van der Waals surface area contributed by atoms with Crippen LogP contribution in [-0.4, -0.2) is 11.2 Å². The molecule has 3 aromatic rings. The standard InChI is InChI=1S/C14H11N3S/c15-16-9-14-17-12-7-6-11(8-13(12)18-14)10-4-2-1-3-5-10/h1-9H,15H2. The molecule has 3 rings (SSSR count). The second kappa shape index (κ2) is 4.58. The van der Waals surface area contributed by atoms with Crippen molar-refractivity contribution >= 4 is 27.8 Å². The number of nitrogens with zero attached hydrogens (tertiary/aromatic N) is 2. The number of rotatable bonds is 2. The molecule has 4 heteroatoms. The Hall–Kier alpha value is -2.20. The average molecular weight is 253 g/mol. The van der Waals surface area contributed by atoms with Crippen LogP contribution >= 0.6 is 11.3 Å². The van der Waals surface area contributed by atoms with Gasteiger partial charge in [0.25, 0.3) is 0 Å². The Morgan fingerprint density at radius 1 is 1.06 bits per heavy atom. The van der Waals surface area contributed by atoms with E-state index in [-0.39, 0.29) is 0 Å². The second-order valence-corrected chi connectivity index (χ2v) is 4.94. The van der Waals surface area contributed by atoms with Crippen LogP contribution in [0.15, 0.2) is 53.6 Å². The Bertz CT molecular complexity index is 701. The third-order valence-corrected chi connectivity index (χ3v) is 3.65. The van der Waals surface area contributed by atoms with E-state index in [0.717, 1.165) is 15.2 Å². The topological polar surface area (TPSA) is 51.3 Å². The molecular weight excluding hydrogens is 242 g/mol. The normalized spacial score (nSPS) is 11.3. The Morgan fingerprint density at radius 2 is 1.89 bits per heavy atom. The van der Waals surface area contributed by atoms with Crippen LogP contribution in [0, 0.1) is 0 Å². The van der Waals surface area contributed by atoms with Crippen LogP contribution in [0.5, 0.6) is 0 Å². The lowest BCUT2D eigenvalue weighted by molar-refractivity contribution is 1.26. The third-order valence-electron chi connectivity index (χ3n) is 2.70. The van der Waals surface area contributed by atoms with E-state index in [1.54, 1.807) is 17.6 Å². The molecule has 3 nitrogen and oxygen atoms in total. The van der Waals surface area contributed by atoms with E-state index < -0.39 is 0 Å². The lowest BCUT2D eigenvalue weighted by Gasteiger charge is -2.00. The van der Waals surface area contributed by atoms with E-state index in [2.05, 4.69) is 34.4 Å². The summed E-state index contributed by atoms with van der Waals surface area (Å²) in [6.07, 6.45) is 1.58. The first-order valence-corrected chi connectivity index (χ1v) is 6.38. The molecule has 0 saturated carbocycles. The molecule has 0 radical (unpaired) electrons. The smallest absolute Gasteiger partial charge is 0.137 e. The van der Waals surface area contributed by atoms with Crippen molar-refractivity contribution in [1.29, 1.82) is 0 Å². The maximum Gasteiger partial charge on any atom is 0.137 e. The number of hydrogen-bond acceptors (Lipinski definition) is 4. The van der Waals surface area contributed by atoms with Crippen molar-refractivity contribution < 1.29 is 0 Å². The minimum absolute atomic E-state index is 0.831. The van der Waals surface area contributed by atoms with Crippen LogP contribution in [-0.2, 0) is 0 Å². The highest BCUT2D eigenvalue weighted by Crippen LogP contribution is 2.27. The number of hydrogen-bond donors (Lipinski definition) is 1. The summed E-state index contributed by atoms with van der Waals surface area (Å²) < 4.78 is 1.14. The van der Waals surface area contributed by atoms with E-state index >= 15 is 0 Å². The summed E-state index contributed by atoms with van der Waals surface area (Å²) >= 11 is 1.59. The van der Waals surface area contributed by atoms with Crippen LogP contribution in [0.3, 0.4) is 0 Å². The molecule has 0 aliphatic rings. The van der Waals surface area contributed by atoms with Crippen LogP contribution < -0.4 is 5.84 Å². The van der Waals surface area contributed by atoms with Gasteiger partial charge in [-0.2, -0.15) is 5.10 Å². The zero-order chi connectivity index (χ0) is 12.4. The number of fused-ring (bicyclic) bond motifs is 1.